The summed E-state index contributed by atoms with van der Waals surface area (Å²) in [7, 11) is -4.14. The summed E-state index contributed by atoms with van der Waals surface area (Å²) < 4.78 is 25.0. The molecule has 0 saturated carbocycles. The smallest absolute Gasteiger partial charge is 0.335 e. The van der Waals surface area contributed by atoms with Crippen LogP contribution in [0.3, 0.4) is 0 Å². The molecule has 0 saturated heterocycles. The van der Waals surface area contributed by atoms with E-state index in [1.165, 1.54) is 0 Å². The lowest BCUT2D eigenvalue weighted by molar-refractivity contribution is -0.117. The predicted molar refractivity (Wildman–Crippen MR) is 70.8 cm³/mol. The van der Waals surface area contributed by atoms with Crippen LogP contribution in [0.1, 0.15) is 31.1 Å². The Balaban J connectivity index is 0.00000154. The second-order valence-corrected chi connectivity index (χ2v) is 5.17. The molecule has 0 atom stereocenters. The number of amides is 1. The molecule has 0 aliphatic carbocycles. The molecule has 0 spiro atoms. The summed E-state index contributed by atoms with van der Waals surface area (Å²) in [6.45, 7) is 5.02. The van der Waals surface area contributed by atoms with Gasteiger partial charge in [-0.15, -0.1) is 0 Å². The molecular weight excluding hydrogens is 294 g/mol. The van der Waals surface area contributed by atoms with Gasteiger partial charge in [-0.3, -0.25) is 4.79 Å². The Kier molecular flexibility index (Phi) is 6.51. The normalized spacial score (nSPS) is 10.1. The highest BCUT2D eigenvalue weighted by Gasteiger charge is 2.20. The van der Waals surface area contributed by atoms with Crippen LogP contribution in [0.25, 0.3) is 0 Å². The van der Waals surface area contributed by atoms with Crippen LogP contribution < -0.4 is 4.72 Å². The topological polar surface area (TPSA) is 101 Å². The number of hydrogen-bond donors (Lipinski definition) is 2. The highest BCUT2D eigenvalue weighted by atomic mass is 35.5. The van der Waals surface area contributed by atoms with Crippen molar-refractivity contribution in [1.29, 1.82) is 0 Å². The number of sulfonamides is 1. The number of carboxylic acid groups (broad SMARTS) is 1. The highest BCUT2D eigenvalue weighted by Crippen LogP contribution is 2.22. The van der Waals surface area contributed by atoms with E-state index in [9.17, 15) is 18.0 Å². The fourth-order valence-electron chi connectivity index (χ4n) is 1.09. The number of hydrogen-bond acceptors (Lipinski definition) is 4. The maximum atomic E-state index is 11.6. The zero-order chi connectivity index (χ0) is 15.2. The fourth-order valence-corrected chi connectivity index (χ4v) is 2.60. The summed E-state index contributed by atoms with van der Waals surface area (Å²) in [5.41, 5.74) is -0.238. The largest absolute Gasteiger partial charge is 0.478 e. The zero-order valence-corrected chi connectivity index (χ0v) is 12.2. The van der Waals surface area contributed by atoms with Crippen LogP contribution in [0.4, 0.5) is 0 Å². The lowest BCUT2D eigenvalue weighted by Gasteiger charge is -2.07. The van der Waals surface area contributed by atoms with E-state index in [2.05, 4.69) is 0 Å². The minimum absolute atomic E-state index is 0.163. The molecule has 6 nitrogen and oxygen atoms in total. The Bertz CT molecular complexity index is 583. The molecule has 8 heteroatoms. The Morgan fingerprint density at radius 1 is 1.26 bits per heavy atom. The van der Waals surface area contributed by atoms with Crippen molar-refractivity contribution in [2.24, 2.45) is 0 Å². The minimum atomic E-state index is -4.14. The number of benzene rings is 1. The molecule has 0 bridgehead atoms. The third-order valence-electron chi connectivity index (χ3n) is 1.75. The van der Waals surface area contributed by atoms with Crippen molar-refractivity contribution in [2.45, 2.75) is 25.7 Å². The molecule has 0 aromatic heterocycles. The van der Waals surface area contributed by atoms with Gasteiger partial charge < -0.3 is 5.11 Å². The van der Waals surface area contributed by atoms with Crippen LogP contribution in [0, 0.1) is 0 Å². The second kappa shape index (κ2) is 7.10. The number of carbonyl (C=O) groups excluding carboxylic acids is 1. The van der Waals surface area contributed by atoms with Crippen LogP contribution in [-0.2, 0) is 14.8 Å². The van der Waals surface area contributed by atoms with Crippen LogP contribution in [0.2, 0.25) is 5.02 Å². The van der Waals surface area contributed by atoms with E-state index < -0.39 is 26.8 Å². The summed E-state index contributed by atoms with van der Waals surface area (Å²) >= 11 is 5.65. The minimum Gasteiger partial charge on any atom is -0.478 e. The van der Waals surface area contributed by atoms with Crippen LogP contribution >= 0.6 is 11.6 Å². The summed E-state index contributed by atoms with van der Waals surface area (Å²) in [5, 5.41) is 8.56. The molecule has 0 aliphatic heterocycles. The van der Waals surface area contributed by atoms with E-state index in [0.29, 0.717) is 0 Å². The predicted octanol–water partition coefficient (Wildman–Crippen LogP) is 1.89. The van der Waals surface area contributed by atoms with Gasteiger partial charge in [0.15, 0.2) is 0 Å². The number of carboxylic acids is 1. The molecule has 0 aliphatic rings. The second-order valence-electron chi connectivity index (χ2n) is 3.11. The molecule has 0 radical (unpaired) electrons. The molecular formula is C11H14ClNO5S. The first-order valence-electron chi connectivity index (χ1n) is 5.30. The van der Waals surface area contributed by atoms with E-state index in [1.54, 1.807) is 4.72 Å². The van der Waals surface area contributed by atoms with E-state index >= 15 is 0 Å². The van der Waals surface area contributed by atoms with E-state index in [4.69, 9.17) is 16.7 Å². The summed E-state index contributed by atoms with van der Waals surface area (Å²) in [5.74, 6) is -2.08. The number of nitrogens with one attached hydrogen (secondary N) is 1. The lowest BCUT2D eigenvalue weighted by atomic mass is 10.2. The van der Waals surface area contributed by atoms with Gasteiger partial charge in [0.1, 0.15) is 4.90 Å². The van der Waals surface area contributed by atoms with Crippen molar-refractivity contribution < 1.29 is 23.1 Å². The van der Waals surface area contributed by atoms with Gasteiger partial charge in [0.05, 0.1) is 10.6 Å². The molecule has 106 valence electrons. The van der Waals surface area contributed by atoms with Gasteiger partial charge in [-0.25, -0.2) is 17.9 Å². The Hall–Kier alpha value is -1.60. The molecule has 19 heavy (non-hydrogen) atoms. The molecule has 0 fully saturated rings. The zero-order valence-electron chi connectivity index (χ0n) is 10.6. The quantitative estimate of drug-likeness (QED) is 0.888. The molecule has 0 heterocycles. The molecule has 1 rings (SSSR count). The van der Waals surface area contributed by atoms with Crippen molar-refractivity contribution in [3.05, 3.63) is 28.8 Å². The van der Waals surface area contributed by atoms with Crippen LogP contribution in [-0.4, -0.2) is 25.4 Å². The molecule has 1 amide bonds. The maximum Gasteiger partial charge on any atom is 0.335 e. The Morgan fingerprint density at radius 3 is 2.21 bits per heavy atom. The van der Waals surface area contributed by atoms with Crippen molar-refractivity contribution in [2.75, 3.05) is 0 Å². The first kappa shape index (κ1) is 17.4. The SMILES string of the molecule is CC.CC(=O)NS(=O)(=O)c1cc(C(=O)O)ccc1Cl. The van der Waals surface area contributed by atoms with Gasteiger partial charge in [0, 0.05) is 6.92 Å². The summed E-state index contributed by atoms with van der Waals surface area (Å²) in [6.07, 6.45) is 0. The standard InChI is InChI=1S/C9H8ClNO5S.C2H6/c1-5(12)11-17(15,16)8-4-6(9(13)14)2-3-7(8)10;1-2/h2-4H,1H3,(H,11,12)(H,13,14);1-2H3. The van der Waals surface area contributed by atoms with Crippen molar-refractivity contribution >= 4 is 33.5 Å². The molecule has 1 aromatic rings. The highest BCUT2D eigenvalue weighted by molar-refractivity contribution is 7.90. The number of halogens is 1. The summed E-state index contributed by atoms with van der Waals surface area (Å²) in [4.78, 5) is 21.0. The maximum absolute atomic E-state index is 11.6. The number of aromatic carboxylic acids is 1. The fraction of sp³-hybridized carbons (Fsp3) is 0.273. The van der Waals surface area contributed by atoms with Gasteiger partial charge in [-0.1, -0.05) is 25.4 Å². The van der Waals surface area contributed by atoms with Gasteiger partial charge in [0.2, 0.25) is 5.91 Å². The molecule has 1 aromatic carbocycles. The van der Waals surface area contributed by atoms with Crippen molar-refractivity contribution in [3.63, 3.8) is 0 Å². The first-order chi connectivity index (χ1) is 8.74. The lowest BCUT2D eigenvalue weighted by Crippen LogP contribution is -2.28. The average Bonchev–Trinajstić information content (AvgIpc) is 2.29. The third-order valence-corrected chi connectivity index (χ3v) is 3.66. The van der Waals surface area contributed by atoms with E-state index in [0.717, 1.165) is 25.1 Å². The summed E-state index contributed by atoms with van der Waals surface area (Å²) in [6, 6.07) is 3.19. The Labute approximate surface area is 116 Å². The van der Waals surface area contributed by atoms with Gasteiger partial charge >= 0.3 is 5.97 Å². The average molecular weight is 308 g/mol. The van der Waals surface area contributed by atoms with Crippen LogP contribution in [0.5, 0.6) is 0 Å². The number of rotatable bonds is 3. The van der Waals surface area contributed by atoms with Gasteiger partial charge in [0.25, 0.3) is 10.0 Å². The first-order valence-corrected chi connectivity index (χ1v) is 7.16. The third kappa shape index (κ3) is 4.88. The molecule has 0 unspecified atom stereocenters. The van der Waals surface area contributed by atoms with E-state index in [-0.39, 0.29) is 10.6 Å². The van der Waals surface area contributed by atoms with Gasteiger partial charge in [-0.05, 0) is 18.2 Å². The van der Waals surface area contributed by atoms with Crippen molar-refractivity contribution in [1.82, 2.24) is 4.72 Å². The number of carbonyl (C=O) groups is 2. The van der Waals surface area contributed by atoms with Crippen molar-refractivity contribution in [3.8, 4) is 0 Å². The Morgan fingerprint density at radius 2 is 1.79 bits per heavy atom. The van der Waals surface area contributed by atoms with E-state index in [1.807, 2.05) is 13.8 Å². The monoisotopic (exact) mass is 307 g/mol. The molecule has 2 N–H and O–H groups in total. The van der Waals surface area contributed by atoms with Crippen LogP contribution in [0.15, 0.2) is 23.1 Å². The van der Waals surface area contributed by atoms with Gasteiger partial charge in [-0.2, -0.15) is 0 Å².